The van der Waals surface area contributed by atoms with Crippen LogP contribution in [-0.2, 0) is 6.42 Å². The van der Waals surface area contributed by atoms with Crippen LogP contribution in [0.25, 0.3) is 0 Å². The monoisotopic (exact) mass is 305 g/mol. The van der Waals surface area contributed by atoms with Crippen LogP contribution >= 0.6 is 0 Å². The minimum Gasteiger partial charge on any atom is -0.360 e. The number of alkyl halides is 2. The molecule has 22 heavy (non-hydrogen) atoms. The summed E-state index contributed by atoms with van der Waals surface area (Å²) in [6.45, 7) is 2.09. The van der Waals surface area contributed by atoms with Gasteiger partial charge in [-0.25, -0.2) is 8.78 Å². The second-order valence-electron chi connectivity index (χ2n) is 6.65. The first kappa shape index (κ1) is 13.9. The second-order valence-corrected chi connectivity index (χ2v) is 6.65. The maximum absolute atomic E-state index is 13.3. The van der Waals surface area contributed by atoms with Crippen molar-refractivity contribution in [3.05, 3.63) is 41.8 Å². The summed E-state index contributed by atoms with van der Waals surface area (Å²) < 4.78 is 26.6. The number of rotatable bonds is 3. The molecule has 3 nitrogen and oxygen atoms in total. The number of benzene rings is 1. The molecule has 3 aliphatic rings. The summed E-state index contributed by atoms with van der Waals surface area (Å²) in [4.78, 5) is 6.48. The number of halogens is 2. The van der Waals surface area contributed by atoms with Crippen LogP contribution in [0.4, 0.5) is 14.5 Å². The highest BCUT2D eigenvalue weighted by atomic mass is 19.3. The molecule has 1 fully saturated rings. The van der Waals surface area contributed by atoms with E-state index in [0.717, 1.165) is 25.2 Å². The highest BCUT2D eigenvalue weighted by Crippen LogP contribution is 2.49. The molecule has 1 aromatic carbocycles. The fraction of sp³-hybridized carbons (Fsp3) is 0.529. The van der Waals surface area contributed by atoms with Crippen LogP contribution in [-0.4, -0.2) is 42.5 Å². The standard InChI is InChI=1S/C17H21F2N3/c1-20-11-16(21(12-20)10-14-9-17(14,18)19)22-8-4-6-13-5-2-3-7-15(13)22/h2-3,5,7,11,14H,4,6,8-10,12H2,1H3. The number of hydrogen-bond donors (Lipinski definition) is 0. The second kappa shape index (κ2) is 4.86. The van der Waals surface area contributed by atoms with E-state index in [2.05, 4.69) is 45.2 Å². The molecule has 1 atom stereocenters. The smallest absolute Gasteiger partial charge is 0.253 e. The van der Waals surface area contributed by atoms with Crippen molar-refractivity contribution in [1.29, 1.82) is 0 Å². The van der Waals surface area contributed by atoms with Crippen LogP contribution in [0.2, 0.25) is 0 Å². The third-order valence-corrected chi connectivity index (χ3v) is 4.84. The van der Waals surface area contributed by atoms with Gasteiger partial charge in [-0.05, 0) is 24.5 Å². The predicted octanol–water partition coefficient (Wildman–Crippen LogP) is 3.10. The summed E-state index contributed by atoms with van der Waals surface area (Å²) in [7, 11) is 2.00. The lowest BCUT2D eigenvalue weighted by Gasteiger charge is -2.36. The van der Waals surface area contributed by atoms with Gasteiger partial charge in [-0.2, -0.15) is 0 Å². The Morgan fingerprint density at radius 2 is 2.05 bits per heavy atom. The lowest BCUT2D eigenvalue weighted by atomic mass is 10.0. The molecule has 1 aromatic rings. The first-order chi connectivity index (χ1) is 10.5. The Morgan fingerprint density at radius 3 is 2.82 bits per heavy atom. The fourth-order valence-corrected chi connectivity index (χ4v) is 3.56. The van der Waals surface area contributed by atoms with E-state index >= 15 is 0 Å². The normalized spacial score (nSPS) is 26.0. The molecular weight excluding hydrogens is 284 g/mol. The van der Waals surface area contributed by atoms with Gasteiger partial charge in [0.2, 0.25) is 0 Å². The van der Waals surface area contributed by atoms with Gasteiger partial charge < -0.3 is 14.7 Å². The maximum atomic E-state index is 13.3. The zero-order valence-electron chi connectivity index (χ0n) is 12.8. The Hall–Kier alpha value is -1.78. The molecule has 118 valence electrons. The van der Waals surface area contributed by atoms with Crippen LogP contribution < -0.4 is 4.90 Å². The molecule has 4 rings (SSSR count). The Bertz CT molecular complexity index is 614. The number of nitrogens with zero attached hydrogens (tertiary/aromatic N) is 3. The quantitative estimate of drug-likeness (QED) is 0.849. The number of para-hydroxylation sites is 1. The predicted molar refractivity (Wildman–Crippen MR) is 82.6 cm³/mol. The zero-order valence-corrected chi connectivity index (χ0v) is 12.8. The number of fused-ring (bicyclic) bond motifs is 1. The van der Waals surface area contributed by atoms with E-state index in [9.17, 15) is 8.78 Å². The lowest BCUT2D eigenvalue weighted by molar-refractivity contribution is 0.0893. The highest BCUT2D eigenvalue weighted by Gasteiger charge is 2.57. The molecule has 0 amide bonds. The Labute approximate surface area is 129 Å². The molecule has 1 saturated carbocycles. The first-order valence-corrected chi connectivity index (χ1v) is 7.95. The summed E-state index contributed by atoms with van der Waals surface area (Å²) in [5, 5.41) is 0. The maximum Gasteiger partial charge on any atom is 0.253 e. The molecule has 1 aliphatic carbocycles. The van der Waals surface area contributed by atoms with Crippen molar-refractivity contribution in [1.82, 2.24) is 9.80 Å². The van der Waals surface area contributed by atoms with E-state index in [0.29, 0.717) is 13.2 Å². The molecular formula is C17H21F2N3. The van der Waals surface area contributed by atoms with E-state index in [-0.39, 0.29) is 6.42 Å². The SMILES string of the molecule is CN1C=C(N2CCCc3ccccc32)N(CC2CC2(F)F)C1. The van der Waals surface area contributed by atoms with Crippen molar-refractivity contribution < 1.29 is 8.78 Å². The molecule has 0 aromatic heterocycles. The molecule has 0 bridgehead atoms. The fourth-order valence-electron chi connectivity index (χ4n) is 3.56. The zero-order chi connectivity index (χ0) is 15.3. The van der Waals surface area contributed by atoms with Gasteiger partial charge in [-0.15, -0.1) is 0 Å². The molecule has 5 heteroatoms. The number of aryl methyl sites for hydroxylation is 1. The van der Waals surface area contributed by atoms with Crippen molar-refractivity contribution >= 4 is 5.69 Å². The lowest BCUT2D eigenvalue weighted by Crippen LogP contribution is -2.38. The van der Waals surface area contributed by atoms with Crippen LogP contribution in [0.1, 0.15) is 18.4 Å². The molecule has 2 aliphatic heterocycles. The van der Waals surface area contributed by atoms with Gasteiger partial charge in [0.05, 0.1) is 6.67 Å². The highest BCUT2D eigenvalue weighted by molar-refractivity contribution is 5.59. The number of anilines is 1. The van der Waals surface area contributed by atoms with E-state index < -0.39 is 11.8 Å². The van der Waals surface area contributed by atoms with Gasteiger partial charge in [0, 0.05) is 44.4 Å². The molecule has 2 heterocycles. The molecule has 0 N–H and O–H groups in total. The summed E-state index contributed by atoms with van der Waals surface area (Å²) >= 11 is 0. The van der Waals surface area contributed by atoms with E-state index in [4.69, 9.17) is 0 Å². The largest absolute Gasteiger partial charge is 0.360 e. The average molecular weight is 305 g/mol. The van der Waals surface area contributed by atoms with Gasteiger partial charge in [-0.3, -0.25) is 0 Å². The summed E-state index contributed by atoms with van der Waals surface area (Å²) in [6.07, 6.45) is 4.32. The van der Waals surface area contributed by atoms with Gasteiger partial charge >= 0.3 is 0 Å². The van der Waals surface area contributed by atoms with Gasteiger partial charge in [0.15, 0.2) is 0 Å². The van der Waals surface area contributed by atoms with Crippen LogP contribution in [0.15, 0.2) is 36.3 Å². The molecule has 0 spiro atoms. The van der Waals surface area contributed by atoms with Crippen LogP contribution in [0.5, 0.6) is 0 Å². The molecule has 0 saturated heterocycles. The van der Waals surface area contributed by atoms with Gasteiger partial charge in [0.25, 0.3) is 5.92 Å². The Morgan fingerprint density at radius 1 is 1.27 bits per heavy atom. The first-order valence-electron chi connectivity index (χ1n) is 7.95. The van der Waals surface area contributed by atoms with Crippen molar-refractivity contribution in [3.63, 3.8) is 0 Å². The summed E-state index contributed by atoms with van der Waals surface area (Å²) in [5.74, 6) is -1.87. The van der Waals surface area contributed by atoms with Crippen LogP contribution in [0, 0.1) is 5.92 Å². The average Bonchev–Trinajstić information content (AvgIpc) is 2.92. The summed E-state index contributed by atoms with van der Waals surface area (Å²) in [6, 6.07) is 8.42. The Kier molecular flexibility index (Phi) is 3.06. The summed E-state index contributed by atoms with van der Waals surface area (Å²) in [5.41, 5.74) is 2.57. The van der Waals surface area contributed by atoms with E-state index in [1.807, 2.05) is 7.05 Å². The molecule has 0 radical (unpaired) electrons. The third kappa shape index (κ3) is 2.32. The topological polar surface area (TPSA) is 9.72 Å². The van der Waals surface area contributed by atoms with Crippen molar-refractivity contribution in [2.75, 3.05) is 31.7 Å². The van der Waals surface area contributed by atoms with Crippen molar-refractivity contribution in [2.45, 2.75) is 25.2 Å². The molecule has 1 unspecified atom stereocenters. The minimum absolute atomic E-state index is 0.0388. The van der Waals surface area contributed by atoms with Crippen molar-refractivity contribution in [3.8, 4) is 0 Å². The third-order valence-electron chi connectivity index (χ3n) is 4.84. The minimum atomic E-state index is -2.45. The van der Waals surface area contributed by atoms with E-state index in [1.165, 1.54) is 11.3 Å². The van der Waals surface area contributed by atoms with Crippen LogP contribution in [0.3, 0.4) is 0 Å². The Balaban J connectivity index is 1.59. The van der Waals surface area contributed by atoms with Crippen molar-refractivity contribution in [2.24, 2.45) is 5.92 Å². The van der Waals surface area contributed by atoms with Gasteiger partial charge in [-0.1, -0.05) is 18.2 Å². The van der Waals surface area contributed by atoms with Gasteiger partial charge in [0.1, 0.15) is 5.82 Å². The number of hydrogen-bond acceptors (Lipinski definition) is 3. The van der Waals surface area contributed by atoms with E-state index in [1.54, 1.807) is 0 Å².